The highest BCUT2D eigenvalue weighted by Crippen LogP contribution is 2.41. The molecule has 0 fully saturated rings. The van der Waals surface area contributed by atoms with E-state index < -0.39 is 10.0 Å². The Labute approximate surface area is 194 Å². The van der Waals surface area contributed by atoms with Crippen LogP contribution >= 0.6 is 15.9 Å². The van der Waals surface area contributed by atoms with Gasteiger partial charge in [-0.3, -0.25) is 0 Å². The molecule has 2 aromatic carbocycles. The van der Waals surface area contributed by atoms with Crippen LogP contribution in [0, 0.1) is 6.92 Å². The molecular weight excluding hydrogens is 492 g/mol. The molecule has 2 aromatic heterocycles. The van der Waals surface area contributed by atoms with E-state index >= 15 is 0 Å². The van der Waals surface area contributed by atoms with Crippen LogP contribution < -0.4 is 4.31 Å². The largest absolute Gasteiger partial charge is 0.493 e. The first kappa shape index (κ1) is 20.7. The summed E-state index contributed by atoms with van der Waals surface area (Å²) in [4.78, 5) is 4.60. The Morgan fingerprint density at radius 1 is 1.03 bits per heavy atom. The van der Waals surface area contributed by atoms with Gasteiger partial charge in [0.05, 0.1) is 10.6 Å². The third kappa shape index (κ3) is 3.28. The molecule has 0 spiro atoms. The number of fused-ring (bicyclic) bond motifs is 3. The summed E-state index contributed by atoms with van der Waals surface area (Å²) in [6, 6.07) is 17.7. The van der Waals surface area contributed by atoms with Gasteiger partial charge in [-0.25, -0.2) is 17.7 Å². The van der Waals surface area contributed by atoms with Crippen molar-refractivity contribution in [2.75, 3.05) is 10.8 Å². The minimum absolute atomic E-state index is 0.0173. The number of aryl methyl sites for hydroxylation is 1. The molecule has 0 aliphatic carbocycles. The molecule has 7 nitrogen and oxygen atoms in total. The van der Waals surface area contributed by atoms with Crippen LogP contribution in [-0.2, 0) is 16.4 Å². The fourth-order valence-corrected chi connectivity index (χ4v) is 5.74. The quantitative estimate of drug-likeness (QED) is 0.439. The number of hydrogen-bond donors (Lipinski definition) is 1. The Bertz CT molecular complexity index is 1430. The van der Waals surface area contributed by atoms with Gasteiger partial charge in [0, 0.05) is 28.3 Å². The van der Waals surface area contributed by atoms with Gasteiger partial charge >= 0.3 is 0 Å². The molecule has 0 saturated heterocycles. The first-order valence-electron chi connectivity index (χ1n) is 9.98. The lowest BCUT2D eigenvalue weighted by Gasteiger charge is -2.23. The van der Waals surface area contributed by atoms with Crippen LogP contribution in [0.2, 0.25) is 0 Å². The van der Waals surface area contributed by atoms with Gasteiger partial charge in [-0.05, 0) is 65.7 Å². The summed E-state index contributed by atoms with van der Waals surface area (Å²) < 4.78 is 30.5. The van der Waals surface area contributed by atoms with Crippen molar-refractivity contribution in [1.29, 1.82) is 0 Å². The monoisotopic (exact) mass is 510 g/mol. The van der Waals surface area contributed by atoms with E-state index in [1.54, 1.807) is 42.6 Å². The maximum atomic E-state index is 13.5. The van der Waals surface area contributed by atoms with Gasteiger partial charge in [-0.15, -0.1) is 0 Å². The molecule has 32 heavy (non-hydrogen) atoms. The highest BCUT2D eigenvalue weighted by Gasteiger charge is 2.34. The van der Waals surface area contributed by atoms with Gasteiger partial charge < -0.3 is 5.11 Å². The normalized spacial score (nSPS) is 13.4. The lowest BCUT2D eigenvalue weighted by Crippen LogP contribution is -2.33. The highest BCUT2D eigenvalue weighted by atomic mass is 79.9. The maximum absolute atomic E-state index is 13.5. The van der Waals surface area contributed by atoms with Crippen LogP contribution in [0.25, 0.3) is 16.9 Å². The summed E-state index contributed by atoms with van der Waals surface area (Å²) in [6.07, 6.45) is 1.85. The number of aromatic hydroxyl groups is 1. The zero-order valence-corrected chi connectivity index (χ0v) is 19.5. The van der Waals surface area contributed by atoms with E-state index in [9.17, 15) is 13.5 Å². The van der Waals surface area contributed by atoms with Crippen molar-refractivity contribution in [3.63, 3.8) is 0 Å². The molecule has 1 aliphatic rings. The van der Waals surface area contributed by atoms with Crippen LogP contribution in [-0.4, -0.2) is 34.8 Å². The number of hydrogen-bond acceptors (Lipinski definition) is 5. The van der Waals surface area contributed by atoms with Crippen molar-refractivity contribution in [1.82, 2.24) is 14.8 Å². The molecular formula is C23H19BrN4O3S. The number of aromatic nitrogens is 3. The molecule has 0 atom stereocenters. The molecule has 5 rings (SSSR count). The van der Waals surface area contributed by atoms with Crippen molar-refractivity contribution >= 4 is 31.8 Å². The van der Waals surface area contributed by atoms with Crippen LogP contribution in [0.3, 0.4) is 0 Å². The second-order valence-corrected chi connectivity index (χ2v) is 10.2. The SMILES string of the molecule is Cc1ccc(S(=O)(=O)N2CCc3c(nn(-c4ccccc4Br)c3O)-c3cccnc32)cc1. The molecule has 162 valence electrons. The fourth-order valence-electron chi connectivity index (χ4n) is 3.85. The van der Waals surface area contributed by atoms with Crippen molar-refractivity contribution in [2.24, 2.45) is 0 Å². The zero-order chi connectivity index (χ0) is 22.5. The van der Waals surface area contributed by atoms with Crippen molar-refractivity contribution in [2.45, 2.75) is 18.2 Å². The molecule has 1 aliphatic heterocycles. The van der Waals surface area contributed by atoms with Crippen LogP contribution in [0.5, 0.6) is 5.88 Å². The summed E-state index contributed by atoms with van der Waals surface area (Å²) in [7, 11) is -3.85. The van der Waals surface area contributed by atoms with E-state index in [0.29, 0.717) is 28.3 Å². The van der Waals surface area contributed by atoms with E-state index in [1.165, 1.54) is 8.99 Å². The van der Waals surface area contributed by atoms with Gasteiger partial charge in [-0.2, -0.15) is 9.78 Å². The fraction of sp³-hybridized carbons (Fsp3) is 0.130. The molecule has 1 N–H and O–H groups in total. The van der Waals surface area contributed by atoms with E-state index in [-0.39, 0.29) is 23.7 Å². The average molecular weight is 511 g/mol. The Kier molecular flexibility index (Phi) is 5.02. The lowest BCUT2D eigenvalue weighted by molar-refractivity contribution is 0.427. The molecule has 9 heteroatoms. The van der Waals surface area contributed by atoms with Gasteiger partial charge in [0.1, 0.15) is 5.69 Å². The summed E-state index contributed by atoms with van der Waals surface area (Å²) in [5.41, 5.74) is 3.31. The van der Waals surface area contributed by atoms with Crippen molar-refractivity contribution in [3.8, 4) is 22.8 Å². The molecule has 0 amide bonds. The summed E-state index contributed by atoms with van der Waals surface area (Å²) in [6.45, 7) is 2.03. The van der Waals surface area contributed by atoms with E-state index in [0.717, 1.165) is 10.0 Å². The summed E-state index contributed by atoms with van der Waals surface area (Å²) >= 11 is 3.50. The third-order valence-corrected chi connectivity index (χ3v) is 7.96. The first-order chi connectivity index (χ1) is 15.4. The molecule has 0 bridgehead atoms. The third-order valence-electron chi connectivity index (χ3n) is 5.49. The zero-order valence-electron chi connectivity index (χ0n) is 17.1. The number of halogens is 1. The standard InChI is InChI=1S/C23H19BrN4O3S/c1-15-8-10-16(11-9-15)32(30,31)27-14-12-18-21(17-5-4-13-25-22(17)27)26-28(23(18)29)20-7-3-2-6-19(20)24/h2-11,13,29H,12,14H2,1H3. The van der Waals surface area contributed by atoms with E-state index in [1.807, 2.05) is 31.2 Å². The molecule has 0 radical (unpaired) electrons. The minimum Gasteiger partial charge on any atom is -0.493 e. The van der Waals surface area contributed by atoms with Gasteiger partial charge in [0.15, 0.2) is 5.82 Å². The Morgan fingerprint density at radius 3 is 2.53 bits per heavy atom. The predicted molar refractivity (Wildman–Crippen MR) is 126 cm³/mol. The van der Waals surface area contributed by atoms with E-state index in [2.05, 4.69) is 26.0 Å². The number of para-hydroxylation sites is 1. The second kappa shape index (κ2) is 7.75. The van der Waals surface area contributed by atoms with Crippen molar-refractivity contribution < 1.29 is 13.5 Å². The van der Waals surface area contributed by atoms with Gasteiger partial charge in [0.2, 0.25) is 5.88 Å². The predicted octanol–water partition coefficient (Wildman–Crippen LogP) is 4.46. The Morgan fingerprint density at radius 2 is 1.78 bits per heavy atom. The first-order valence-corrected chi connectivity index (χ1v) is 12.2. The van der Waals surface area contributed by atoms with Gasteiger partial charge in [0.25, 0.3) is 10.0 Å². The number of benzene rings is 2. The number of nitrogens with zero attached hydrogens (tertiary/aromatic N) is 4. The van der Waals surface area contributed by atoms with Crippen LogP contribution in [0.1, 0.15) is 11.1 Å². The highest BCUT2D eigenvalue weighted by molar-refractivity contribution is 9.10. The smallest absolute Gasteiger partial charge is 0.265 e. The number of rotatable bonds is 3. The average Bonchev–Trinajstić information content (AvgIpc) is 3.00. The number of pyridine rings is 1. The topological polar surface area (TPSA) is 88.3 Å². The Balaban J connectivity index is 1.67. The summed E-state index contributed by atoms with van der Waals surface area (Å²) in [5, 5.41) is 15.7. The minimum atomic E-state index is -3.85. The Hall–Kier alpha value is -3.17. The second-order valence-electron chi connectivity index (χ2n) is 7.53. The number of anilines is 1. The number of sulfonamides is 1. The lowest BCUT2D eigenvalue weighted by atomic mass is 10.1. The van der Waals surface area contributed by atoms with Crippen LogP contribution in [0.4, 0.5) is 5.82 Å². The molecule has 0 saturated carbocycles. The van der Waals surface area contributed by atoms with Gasteiger partial charge in [-0.1, -0.05) is 29.8 Å². The summed E-state index contributed by atoms with van der Waals surface area (Å²) in [5.74, 6) is 0.278. The molecule has 3 heterocycles. The molecule has 0 unspecified atom stereocenters. The van der Waals surface area contributed by atoms with Crippen molar-refractivity contribution in [3.05, 3.63) is 82.5 Å². The maximum Gasteiger partial charge on any atom is 0.265 e. The van der Waals surface area contributed by atoms with E-state index in [4.69, 9.17) is 0 Å². The van der Waals surface area contributed by atoms with Crippen LogP contribution in [0.15, 0.2) is 76.2 Å². The molecule has 4 aromatic rings.